The Labute approximate surface area is 98.0 Å². The average Bonchev–Trinajstić information content (AvgIpc) is 2.24. The molecule has 0 saturated carbocycles. The van der Waals surface area contributed by atoms with Crippen molar-refractivity contribution in [1.82, 2.24) is 10.6 Å². The number of halogens is 1. The molecule has 4 heteroatoms. The van der Waals surface area contributed by atoms with Crippen molar-refractivity contribution >= 4 is 15.9 Å². The van der Waals surface area contributed by atoms with Gasteiger partial charge in [-0.2, -0.15) is 0 Å². The molecule has 1 aromatic rings. The van der Waals surface area contributed by atoms with Crippen LogP contribution in [0.15, 0.2) is 16.6 Å². The highest BCUT2D eigenvalue weighted by atomic mass is 79.9. The number of rotatable bonds is 1. The second-order valence-electron chi connectivity index (χ2n) is 3.87. The van der Waals surface area contributed by atoms with Crippen LogP contribution in [0.3, 0.4) is 0 Å². The molecule has 0 amide bonds. The number of piperazine rings is 1. The van der Waals surface area contributed by atoms with Gasteiger partial charge >= 0.3 is 0 Å². The van der Waals surface area contributed by atoms with Crippen LogP contribution in [0.2, 0.25) is 0 Å². The van der Waals surface area contributed by atoms with Gasteiger partial charge in [0.1, 0.15) is 5.75 Å². The molecule has 1 aliphatic rings. The van der Waals surface area contributed by atoms with Crippen molar-refractivity contribution in [3.63, 3.8) is 0 Å². The van der Waals surface area contributed by atoms with Crippen LogP contribution in [-0.2, 0) is 0 Å². The second kappa shape index (κ2) is 4.51. The third-order valence-corrected chi connectivity index (χ3v) is 3.17. The van der Waals surface area contributed by atoms with Gasteiger partial charge in [0.2, 0.25) is 0 Å². The number of aromatic hydroxyl groups is 1. The minimum Gasteiger partial charge on any atom is -0.507 e. The molecule has 15 heavy (non-hydrogen) atoms. The van der Waals surface area contributed by atoms with Crippen LogP contribution in [0.1, 0.15) is 17.2 Å². The Morgan fingerprint density at radius 3 is 2.87 bits per heavy atom. The van der Waals surface area contributed by atoms with Crippen LogP contribution in [0.5, 0.6) is 5.75 Å². The van der Waals surface area contributed by atoms with E-state index in [-0.39, 0.29) is 6.04 Å². The monoisotopic (exact) mass is 270 g/mol. The molecule has 0 aromatic heterocycles. The van der Waals surface area contributed by atoms with Crippen LogP contribution in [0.25, 0.3) is 0 Å². The smallest absolute Gasteiger partial charge is 0.123 e. The maximum atomic E-state index is 9.99. The van der Waals surface area contributed by atoms with Gasteiger partial charge in [-0.15, -0.1) is 0 Å². The van der Waals surface area contributed by atoms with Crippen molar-refractivity contribution < 1.29 is 5.11 Å². The van der Waals surface area contributed by atoms with E-state index >= 15 is 0 Å². The maximum Gasteiger partial charge on any atom is 0.123 e. The van der Waals surface area contributed by atoms with Gasteiger partial charge in [-0.3, -0.25) is 0 Å². The lowest BCUT2D eigenvalue weighted by atomic mass is 10.0. The molecule has 1 aliphatic heterocycles. The van der Waals surface area contributed by atoms with Crippen molar-refractivity contribution in [1.29, 1.82) is 0 Å². The molecule has 82 valence electrons. The second-order valence-corrected chi connectivity index (χ2v) is 4.79. The molecule has 0 aliphatic carbocycles. The van der Waals surface area contributed by atoms with E-state index in [1.165, 1.54) is 0 Å². The van der Waals surface area contributed by atoms with E-state index in [4.69, 9.17) is 0 Å². The number of aryl methyl sites for hydroxylation is 1. The largest absolute Gasteiger partial charge is 0.507 e. The molecule has 1 aromatic carbocycles. The lowest BCUT2D eigenvalue weighted by Crippen LogP contribution is -2.42. The fourth-order valence-corrected chi connectivity index (χ4v) is 2.49. The first-order valence-electron chi connectivity index (χ1n) is 5.11. The molecular weight excluding hydrogens is 256 g/mol. The van der Waals surface area contributed by atoms with Gasteiger partial charge in [0.15, 0.2) is 0 Å². The maximum absolute atomic E-state index is 9.99. The molecule has 0 radical (unpaired) electrons. The van der Waals surface area contributed by atoms with E-state index in [0.717, 1.165) is 35.2 Å². The minimum atomic E-state index is 0.204. The zero-order valence-corrected chi connectivity index (χ0v) is 10.3. The van der Waals surface area contributed by atoms with E-state index in [0.29, 0.717) is 5.75 Å². The molecule has 1 fully saturated rings. The summed E-state index contributed by atoms with van der Waals surface area (Å²) in [6.45, 7) is 4.71. The van der Waals surface area contributed by atoms with Gasteiger partial charge < -0.3 is 15.7 Å². The summed E-state index contributed by atoms with van der Waals surface area (Å²) >= 11 is 3.45. The zero-order valence-electron chi connectivity index (χ0n) is 8.68. The summed E-state index contributed by atoms with van der Waals surface area (Å²) in [4.78, 5) is 0. The summed E-state index contributed by atoms with van der Waals surface area (Å²) in [5.41, 5.74) is 1.88. The highest BCUT2D eigenvalue weighted by molar-refractivity contribution is 9.10. The normalized spacial score (nSPS) is 21.6. The SMILES string of the molecule is Cc1cc(Br)cc([C@@H]2CNCCN2)c1O. The Morgan fingerprint density at radius 1 is 1.40 bits per heavy atom. The first-order chi connectivity index (χ1) is 7.18. The number of phenolic OH excluding ortho intramolecular Hbond substituents is 1. The summed E-state index contributed by atoms with van der Waals surface area (Å²) in [6.07, 6.45) is 0. The number of nitrogens with one attached hydrogen (secondary N) is 2. The van der Waals surface area contributed by atoms with Crippen LogP contribution in [-0.4, -0.2) is 24.7 Å². The molecular formula is C11H15BrN2O. The Balaban J connectivity index is 2.33. The summed E-state index contributed by atoms with van der Waals surface area (Å²) in [5, 5.41) is 16.7. The molecule has 3 N–H and O–H groups in total. The van der Waals surface area contributed by atoms with Gasteiger partial charge in [0.25, 0.3) is 0 Å². The van der Waals surface area contributed by atoms with E-state index in [1.807, 2.05) is 19.1 Å². The topological polar surface area (TPSA) is 44.3 Å². The third-order valence-electron chi connectivity index (χ3n) is 2.71. The Hall–Kier alpha value is -0.580. The van der Waals surface area contributed by atoms with Crippen LogP contribution in [0.4, 0.5) is 0 Å². The van der Waals surface area contributed by atoms with Gasteiger partial charge in [-0.25, -0.2) is 0 Å². The molecule has 0 bridgehead atoms. The van der Waals surface area contributed by atoms with Crippen LogP contribution < -0.4 is 10.6 Å². The Bertz CT molecular complexity index is 362. The predicted molar refractivity (Wildman–Crippen MR) is 64.2 cm³/mol. The van der Waals surface area contributed by atoms with Gasteiger partial charge in [0, 0.05) is 35.7 Å². The Kier molecular flexibility index (Phi) is 3.29. The third kappa shape index (κ3) is 2.33. The predicted octanol–water partition coefficient (Wildman–Crippen LogP) is 1.70. The molecule has 1 saturated heterocycles. The molecule has 3 nitrogen and oxygen atoms in total. The fraction of sp³-hybridized carbons (Fsp3) is 0.455. The van der Waals surface area contributed by atoms with Crippen molar-refractivity contribution in [3.05, 3.63) is 27.7 Å². The number of hydrogen-bond donors (Lipinski definition) is 3. The summed E-state index contributed by atoms with van der Waals surface area (Å²) in [5.74, 6) is 0.402. The first kappa shape index (κ1) is 10.9. The van der Waals surface area contributed by atoms with Crippen molar-refractivity contribution in [2.75, 3.05) is 19.6 Å². The van der Waals surface area contributed by atoms with Gasteiger partial charge in [-0.05, 0) is 24.6 Å². The van der Waals surface area contributed by atoms with Gasteiger partial charge in [0.05, 0.1) is 0 Å². The highest BCUT2D eigenvalue weighted by Crippen LogP contribution is 2.31. The van der Waals surface area contributed by atoms with E-state index < -0.39 is 0 Å². The number of hydrogen-bond acceptors (Lipinski definition) is 3. The lowest BCUT2D eigenvalue weighted by molar-refractivity contribution is 0.403. The lowest BCUT2D eigenvalue weighted by Gasteiger charge is -2.26. The van der Waals surface area contributed by atoms with Crippen molar-refractivity contribution in [2.24, 2.45) is 0 Å². The molecule has 1 heterocycles. The van der Waals surface area contributed by atoms with E-state index in [1.54, 1.807) is 0 Å². The highest BCUT2D eigenvalue weighted by Gasteiger charge is 2.18. The number of phenols is 1. The average molecular weight is 271 g/mol. The van der Waals surface area contributed by atoms with Gasteiger partial charge in [-0.1, -0.05) is 15.9 Å². The fourth-order valence-electron chi connectivity index (χ4n) is 1.90. The minimum absolute atomic E-state index is 0.204. The first-order valence-corrected chi connectivity index (χ1v) is 5.91. The Morgan fingerprint density at radius 2 is 2.20 bits per heavy atom. The standard InChI is InChI=1S/C11H15BrN2O/c1-7-4-8(12)5-9(11(7)15)10-6-13-2-3-14-10/h4-5,10,13-15H,2-3,6H2,1H3/t10-/m0/s1. The van der Waals surface area contributed by atoms with Crippen molar-refractivity contribution in [3.8, 4) is 5.75 Å². The summed E-state index contributed by atoms with van der Waals surface area (Å²) in [6, 6.07) is 4.11. The molecule has 1 atom stereocenters. The number of benzene rings is 1. The molecule has 2 rings (SSSR count). The zero-order chi connectivity index (χ0) is 10.8. The molecule has 0 spiro atoms. The molecule has 0 unspecified atom stereocenters. The van der Waals surface area contributed by atoms with Crippen LogP contribution >= 0.6 is 15.9 Å². The quantitative estimate of drug-likeness (QED) is 0.728. The van der Waals surface area contributed by atoms with Crippen molar-refractivity contribution in [2.45, 2.75) is 13.0 Å². The summed E-state index contributed by atoms with van der Waals surface area (Å²) < 4.78 is 1.01. The van der Waals surface area contributed by atoms with E-state index in [2.05, 4.69) is 26.6 Å². The van der Waals surface area contributed by atoms with Crippen LogP contribution in [0, 0.1) is 6.92 Å². The van der Waals surface area contributed by atoms with E-state index in [9.17, 15) is 5.11 Å². The summed E-state index contributed by atoms with van der Waals surface area (Å²) in [7, 11) is 0.